The van der Waals surface area contributed by atoms with E-state index >= 15 is 0 Å². The first-order valence-corrected chi connectivity index (χ1v) is 6.50. The minimum Gasteiger partial charge on any atom is -0.312 e. The lowest BCUT2D eigenvalue weighted by atomic mass is 10.2. The van der Waals surface area contributed by atoms with Gasteiger partial charge in [0.15, 0.2) is 0 Å². The first-order valence-electron chi connectivity index (χ1n) is 5.01. The molecule has 1 aliphatic heterocycles. The number of halogens is 1. The molecule has 3 nitrogen and oxygen atoms in total. The topological polar surface area (TPSA) is 46.2 Å². The number of benzene rings is 1. The highest BCUT2D eigenvalue weighted by atomic mass is 32.2. The van der Waals surface area contributed by atoms with Gasteiger partial charge in [0, 0.05) is 6.54 Å². The fraction of sp³-hybridized carbons (Fsp3) is 0.273. The predicted molar refractivity (Wildman–Crippen MR) is 60.1 cm³/mol. The van der Waals surface area contributed by atoms with Gasteiger partial charge in [-0.25, -0.2) is 12.8 Å². The fourth-order valence-corrected chi connectivity index (χ4v) is 3.21. The number of fused-ring (bicyclic) bond motifs is 1. The van der Waals surface area contributed by atoms with E-state index in [1.54, 1.807) is 6.08 Å². The third-order valence-electron chi connectivity index (χ3n) is 2.48. The summed E-state index contributed by atoms with van der Waals surface area (Å²) >= 11 is 0. The molecule has 1 aliphatic rings. The zero-order valence-corrected chi connectivity index (χ0v) is 9.64. The molecule has 0 radical (unpaired) electrons. The van der Waals surface area contributed by atoms with Crippen molar-refractivity contribution in [3.05, 3.63) is 34.5 Å². The van der Waals surface area contributed by atoms with Gasteiger partial charge in [-0.1, -0.05) is 13.0 Å². The van der Waals surface area contributed by atoms with Crippen LogP contribution >= 0.6 is 0 Å². The maximum Gasteiger partial charge on any atom is 0.204 e. The van der Waals surface area contributed by atoms with E-state index in [0.717, 1.165) is 6.07 Å². The first kappa shape index (κ1) is 11.3. The molecule has 2 rings (SSSR count). The van der Waals surface area contributed by atoms with Crippen LogP contribution in [0.1, 0.15) is 12.5 Å². The molecule has 86 valence electrons. The van der Waals surface area contributed by atoms with E-state index in [9.17, 15) is 12.8 Å². The Morgan fingerprint density at radius 3 is 2.81 bits per heavy atom. The van der Waals surface area contributed by atoms with Crippen LogP contribution in [0.3, 0.4) is 0 Å². The van der Waals surface area contributed by atoms with Crippen LogP contribution in [-0.4, -0.2) is 21.5 Å². The monoisotopic (exact) mass is 241 g/mol. The van der Waals surface area contributed by atoms with Crippen molar-refractivity contribution in [2.24, 2.45) is 0 Å². The maximum absolute atomic E-state index is 13.0. The van der Waals surface area contributed by atoms with Crippen molar-refractivity contribution in [2.75, 3.05) is 13.1 Å². The third-order valence-corrected chi connectivity index (χ3v) is 4.36. The van der Waals surface area contributed by atoms with E-state index in [2.05, 4.69) is 5.32 Å². The van der Waals surface area contributed by atoms with Gasteiger partial charge in [0.05, 0.1) is 9.80 Å². The van der Waals surface area contributed by atoms with Gasteiger partial charge in [-0.2, -0.15) is 0 Å². The maximum atomic E-state index is 13.0. The van der Waals surface area contributed by atoms with Gasteiger partial charge >= 0.3 is 0 Å². The Morgan fingerprint density at radius 1 is 1.38 bits per heavy atom. The van der Waals surface area contributed by atoms with Crippen LogP contribution in [0.15, 0.2) is 28.0 Å². The summed E-state index contributed by atoms with van der Waals surface area (Å²) in [5, 5.41) is 2.95. The minimum absolute atomic E-state index is 0.0698. The SMILES string of the molecule is CCNCC1=Cc2ccc(F)cc2S1(=O)=O. The highest BCUT2D eigenvalue weighted by molar-refractivity contribution is 7.95. The lowest BCUT2D eigenvalue weighted by Crippen LogP contribution is -2.19. The Labute approximate surface area is 93.9 Å². The molecule has 0 bridgehead atoms. The van der Waals surface area contributed by atoms with E-state index in [0.29, 0.717) is 17.0 Å². The number of nitrogens with one attached hydrogen (secondary N) is 1. The Kier molecular flexibility index (Phi) is 2.82. The van der Waals surface area contributed by atoms with Gasteiger partial charge in [-0.15, -0.1) is 0 Å². The summed E-state index contributed by atoms with van der Waals surface area (Å²) in [6, 6.07) is 3.82. The molecule has 0 aromatic heterocycles. The van der Waals surface area contributed by atoms with Crippen molar-refractivity contribution < 1.29 is 12.8 Å². The van der Waals surface area contributed by atoms with Crippen LogP contribution in [0, 0.1) is 5.82 Å². The molecule has 1 N–H and O–H groups in total. The largest absolute Gasteiger partial charge is 0.312 e. The van der Waals surface area contributed by atoms with E-state index in [4.69, 9.17) is 0 Å². The lowest BCUT2D eigenvalue weighted by molar-refractivity contribution is 0.595. The quantitative estimate of drug-likeness (QED) is 0.873. The number of likely N-dealkylation sites (N-methyl/N-ethyl adjacent to an activating group) is 1. The van der Waals surface area contributed by atoms with Crippen LogP contribution in [-0.2, 0) is 9.84 Å². The Morgan fingerprint density at radius 2 is 2.12 bits per heavy atom. The molecule has 0 spiro atoms. The van der Waals surface area contributed by atoms with Crippen molar-refractivity contribution in [1.29, 1.82) is 0 Å². The average molecular weight is 241 g/mol. The van der Waals surface area contributed by atoms with Crippen molar-refractivity contribution >= 4 is 15.9 Å². The smallest absolute Gasteiger partial charge is 0.204 e. The Hall–Kier alpha value is -1.20. The molecule has 0 fully saturated rings. The van der Waals surface area contributed by atoms with E-state index in [1.807, 2.05) is 6.92 Å². The van der Waals surface area contributed by atoms with E-state index in [1.165, 1.54) is 12.1 Å². The zero-order chi connectivity index (χ0) is 11.8. The Balaban J connectivity index is 2.44. The summed E-state index contributed by atoms with van der Waals surface area (Å²) in [7, 11) is -3.48. The van der Waals surface area contributed by atoms with Crippen LogP contribution < -0.4 is 5.32 Å². The fourth-order valence-electron chi connectivity index (χ4n) is 1.65. The molecule has 0 saturated heterocycles. The van der Waals surface area contributed by atoms with Gasteiger partial charge in [0.2, 0.25) is 9.84 Å². The second-order valence-electron chi connectivity index (χ2n) is 3.58. The number of hydrogen-bond donors (Lipinski definition) is 1. The summed E-state index contributed by atoms with van der Waals surface area (Å²) < 4.78 is 36.9. The summed E-state index contributed by atoms with van der Waals surface area (Å²) in [4.78, 5) is 0.371. The summed E-state index contributed by atoms with van der Waals surface area (Å²) in [5.41, 5.74) is 0.564. The third kappa shape index (κ3) is 1.76. The normalized spacial score (nSPS) is 17.0. The summed E-state index contributed by atoms with van der Waals surface area (Å²) in [6.45, 7) is 2.88. The standard InChI is InChI=1S/C11H12FNO2S/c1-2-13-7-10-5-8-3-4-9(12)6-11(8)16(10,14)15/h3-6,13H,2,7H2,1H3. The average Bonchev–Trinajstić information content (AvgIpc) is 2.48. The molecular weight excluding hydrogens is 229 g/mol. The minimum atomic E-state index is -3.48. The second kappa shape index (κ2) is 3.99. The highest BCUT2D eigenvalue weighted by Crippen LogP contribution is 2.32. The highest BCUT2D eigenvalue weighted by Gasteiger charge is 2.29. The van der Waals surface area contributed by atoms with Crippen LogP contribution in [0.4, 0.5) is 4.39 Å². The predicted octanol–water partition coefficient (Wildman–Crippen LogP) is 1.56. The molecule has 0 amide bonds. The number of rotatable bonds is 3. The molecule has 1 heterocycles. The van der Waals surface area contributed by atoms with Gasteiger partial charge in [0.25, 0.3) is 0 Å². The zero-order valence-electron chi connectivity index (χ0n) is 8.83. The van der Waals surface area contributed by atoms with Crippen molar-refractivity contribution in [2.45, 2.75) is 11.8 Å². The second-order valence-corrected chi connectivity index (χ2v) is 5.55. The lowest BCUT2D eigenvalue weighted by Gasteiger charge is -2.03. The van der Waals surface area contributed by atoms with E-state index < -0.39 is 15.7 Å². The molecule has 0 atom stereocenters. The van der Waals surface area contributed by atoms with Crippen LogP contribution in [0.25, 0.3) is 6.08 Å². The molecule has 0 aliphatic carbocycles. The van der Waals surface area contributed by atoms with Gasteiger partial charge in [-0.05, 0) is 30.3 Å². The Bertz CT molecular complexity index is 549. The molecular formula is C11H12FNO2S. The van der Waals surface area contributed by atoms with Gasteiger partial charge in [0.1, 0.15) is 5.82 Å². The molecule has 5 heteroatoms. The van der Waals surface area contributed by atoms with Crippen molar-refractivity contribution in [1.82, 2.24) is 5.32 Å². The molecule has 1 aromatic carbocycles. The number of hydrogen-bond acceptors (Lipinski definition) is 3. The molecule has 0 saturated carbocycles. The first-order chi connectivity index (χ1) is 7.55. The van der Waals surface area contributed by atoms with Crippen LogP contribution in [0.2, 0.25) is 0 Å². The van der Waals surface area contributed by atoms with Gasteiger partial charge in [-0.3, -0.25) is 0 Å². The van der Waals surface area contributed by atoms with Crippen molar-refractivity contribution in [3.63, 3.8) is 0 Å². The summed E-state index contributed by atoms with van der Waals surface area (Å²) in [6.07, 6.45) is 1.59. The summed E-state index contributed by atoms with van der Waals surface area (Å²) in [5.74, 6) is -0.527. The van der Waals surface area contributed by atoms with Gasteiger partial charge < -0.3 is 5.32 Å². The van der Waals surface area contributed by atoms with Crippen molar-refractivity contribution in [3.8, 4) is 0 Å². The van der Waals surface area contributed by atoms with E-state index in [-0.39, 0.29) is 11.4 Å². The molecule has 0 unspecified atom stereocenters. The molecule has 1 aromatic rings. The van der Waals surface area contributed by atoms with Crippen LogP contribution in [0.5, 0.6) is 0 Å². The molecule has 16 heavy (non-hydrogen) atoms. The number of sulfone groups is 1.